The normalized spacial score (nSPS) is 15.5. The number of rotatable bonds is 8. The third-order valence-electron chi connectivity index (χ3n) is 5.28. The predicted octanol–water partition coefficient (Wildman–Crippen LogP) is 3.76. The standard InChI is InChI=1S/C23H25N3O4/c1-3-30-16-11-9-15(10-12-16)22-19-20(17-7-4-5-8-18(17)27)24-25-21(19)23(28)26(22)13-6-14-29-2/h4-5,7-12,22,27H,3,6,13-14H2,1-2H3,(H,24,25)/t22-/m0/s1. The van der Waals surface area contributed by atoms with E-state index in [9.17, 15) is 9.90 Å². The van der Waals surface area contributed by atoms with Crippen LogP contribution >= 0.6 is 0 Å². The van der Waals surface area contributed by atoms with Crippen LogP contribution in [-0.4, -0.2) is 53.0 Å². The Balaban J connectivity index is 1.79. The van der Waals surface area contributed by atoms with Gasteiger partial charge in [-0.25, -0.2) is 0 Å². The molecule has 1 aliphatic heterocycles. The van der Waals surface area contributed by atoms with Gasteiger partial charge in [0.1, 0.15) is 22.9 Å². The fourth-order valence-corrected chi connectivity index (χ4v) is 3.95. The molecule has 156 valence electrons. The number of carbonyl (C=O) groups excluding carboxylic acids is 1. The smallest absolute Gasteiger partial charge is 0.273 e. The number of benzene rings is 2. The molecule has 0 saturated carbocycles. The molecule has 1 atom stereocenters. The molecule has 0 saturated heterocycles. The summed E-state index contributed by atoms with van der Waals surface area (Å²) in [7, 11) is 1.65. The zero-order valence-electron chi connectivity index (χ0n) is 17.1. The van der Waals surface area contributed by atoms with Gasteiger partial charge in [0.05, 0.1) is 12.6 Å². The second-order valence-electron chi connectivity index (χ2n) is 7.13. The largest absolute Gasteiger partial charge is 0.507 e. The van der Waals surface area contributed by atoms with Gasteiger partial charge in [0, 0.05) is 31.4 Å². The molecule has 0 aliphatic carbocycles. The van der Waals surface area contributed by atoms with E-state index in [-0.39, 0.29) is 17.7 Å². The van der Waals surface area contributed by atoms with Crippen LogP contribution < -0.4 is 4.74 Å². The molecule has 7 nitrogen and oxygen atoms in total. The lowest BCUT2D eigenvalue weighted by molar-refractivity contribution is 0.0723. The van der Waals surface area contributed by atoms with Crippen molar-refractivity contribution in [3.63, 3.8) is 0 Å². The van der Waals surface area contributed by atoms with E-state index >= 15 is 0 Å². The Bertz CT molecular complexity index is 1030. The molecule has 1 aliphatic rings. The monoisotopic (exact) mass is 407 g/mol. The van der Waals surface area contributed by atoms with E-state index < -0.39 is 0 Å². The number of H-pyrrole nitrogens is 1. The molecule has 1 amide bonds. The summed E-state index contributed by atoms with van der Waals surface area (Å²) in [5.41, 5.74) is 3.38. The van der Waals surface area contributed by atoms with E-state index in [1.807, 2.05) is 42.2 Å². The zero-order valence-corrected chi connectivity index (χ0v) is 17.1. The first-order valence-electron chi connectivity index (χ1n) is 10.0. The minimum Gasteiger partial charge on any atom is -0.507 e. The molecular formula is C23H25N3O4. The molecule has 30 heavy (non-hydrogen) atoms. The fourth-order valence-electron chi connectivity index (χ4n) is 3.95. The molecule has 0 spiro atoms. The van der Waals surface area contributed by atoms with Crippen molar-refractivity contribution in [3.8, 4) is 22.8 Å². The number of phenols is 1. The van der Waals surface area contributed by atoms with Gasteiger partial charge in [0.2, 0.25) is 0 Å². The molecule has 1 aromatic heterocycles. The second kappa shape index (κ2) is 8.59. The number of hydrogen-bond acceptors (Lipinski definition) is 5. The quantitative estimate of drug-likeness (QED) is 0.555. The molecular weight excluding hydrogens is 382 g/mol. The van der Waals surface area contributed by atoms with Gasteiger partial charge in [0.15, 0.2) is 0 Å². The fraction of sp³-hybridized carbons (Fsp3) is 0.304. The number of para-hydroxylation sites is 1. The third-order valence-corrected chi connectivity index (χ3v) is 5.28. The Kier molecular flexibility index (Phi) is 5.72. The molecule has 2 N–H and O–H groups in total. The molecule has 2 aromatic carbocycles. The number of hydrogen-bond donors (Lipinski definition) is 2. The van der Waals surface area contributed by atoms with Gasteiger partial charge in [-0.3, -0.25) is 9.89 Å². The number of aromatic nitrogens is 2. The first-order chi connectivity index (χ1) is 14.7. The molecule has 2 heterocycles. The first-order valence-corrected chi connectivity index (χ1v) is 10.0. The Morgan fingerprint density at radius 1 is 1.17 bits per heavy atom. The number of ether oxygens (including phenoxy) is 2. The summed E-state index contributed by atoms with van der Waals surface area (Å²) < 4.78 is 10.7. The predicted molar refractivity (Wildman–Crippen MR) is 113 cm³/mol. The number of fused-ring (bicyclic) bond motifs is 1. The maximum atomic E-state index is 13.2. The number of aromatic hydroxyl groups is 1. The second-order valence-corrected chi connectivity index (χ2v) is 7.13. The van der Waals surface area contributed by atoms with Gasteiger partial charge in [-0.1, -0.05) is 24.3 Å². The van der Waals surface area contributed by atoms with Gasteiger partial charge in [0.25, 0.3) is 5.91 Å². The first kappa shape index (κ1) is 20.0. The summed E-state index contributed by atoms with van der Waals surface area (Å²) in [6, 6.07) is 14.5. The summed E-state index contributed by atoms with van der Waals surface area (Å²) in [6.45, 7) is 3.65. The minimum atomic E-state index is -0.312. The number of methoxy groups -OCH3 is 1. The van der Waals surface area contributed by atoms with Crippen LogP contribution in [0.5, 0.6) is 11.5 Å². The van der Waals surface area contributed by atoms with Crippen molar-refractivity contribution >= 4 is 5.91 Å². The highest BCUT2D eigenvalue weighted by atomic mass is 16.5. The number of carbonyl (C=O) groups is 1. The lowest BCUT2D eigenvalue weighted by Crippen LogP contribution is -2.31. The molecule has 7 heteroatoms. The van der Waals surface area contributed by atoms with Gasteiger partial charge in [-0.05, 0) is 43.2 Å². The van der Waals surface area contributed by atoms with E-state index in [1.165, 1.54) is 0 Å². The molecule has 3 aromatic rings. The summed E-state index contributed by atoms with van der Waals surface area (Å²) in [6.07, 6.45) is 0.722. The van der Waals surface area contributed by atoms with Crippen LogP contribution in [0.1, 0.15) is 41.0 Å². The maximum Gasteiger partial charge on any atom is 0.273 e. The van der Waals surface area contributed by atoms with Crippen LogP contribution in [0.15, 0.2) is 48.5 Å². The molecule has 0 radical (unpaired) electrons. The molecule has 0 fully saturated rings. The van der Waals surface area contributed by atoms with E-state index in [1.54, 1.807) is 25.3 Å². The highest BCUT2D eigenvalue weighted by Crippen LogP contribution is 2.44. The van der Waals surface area contributed by atoms with Crippen molar-refractivity contribution in [3.05, 3.63) is 65.4 Å². The summed E-state index contributed by atoms with van der Waals surface area (Å²) in [5.74, 6) is 0.807. The molecule has 0 bridgehead atoms. The van der Waals surface area contributed by atoms with Crippen LogP contribution in [0.25, 0.3) is 11.3 Å². The van der Waals surface area contributed by atoms with Crippen molar-refractivity contribution in [1.82, 2.24) is 15.1 Å². The SMILES string of the molecule is CCOc1ccc([C@H]2c3c(-c4ccccc4O)n[nH]c3C(=O)N2CCCOC)cc1. The van der Waals surface area contributed by atoms with Crippen LogP contribution in [0, 0.1) is 0 Å². The molecule has 0 unspecified atom stereocenters. The van der Waals surface area contributed by atoms with Gasteiger partial charge in [-0.2, -0.15) is 5.10 Å². The van der Waals surface area contributed by atoms with E-state index in [0.717, 1.165) is 23.3 Å². The van der Waals surface area contributed by atoms with Gasteiger partial charge >= 0.3 is 0 Å². The van der Waals surface area contributed by atoms with Crippen molar-refractivity contribution in [2.75, 3.05) is 26.9 Å². The van der Waals surface area contributed by atoms with Crippen LogP contribution in [-0.2, 0) is 4.74 Å². The topological polar surface area (TPSA) is 87.7 Å². The summed E-state index contributed by atoms with van der Waals surface area (Å²) in [4.78, 5) is 15.0. The number of amides is 1. The number of nitrogens with zero attached hydrogens (tertiary/aromatic N) is 2. The number of nitrogens with one attached hydrogen (secondary N) is 1. The van der Waals surface area contributed by atoms with Gasteiger partial charge in [-0.15, -0.1) is 0 Å². The van der Waals surface area contributed by atoms with Crippen molar-refractivity contribution in [2.24, 2.45) is 0 Å². The van der Waals surface area contributed by atoms with Gasteiger partial charge < -0.3 is 19.5 Å². The van der Waals surface area contributed by atoms with Crippen molar-refractivity contribution in [2.45, 2.75) is 19.4 Å². The van der Waals surface area contributed by atoms with E-state index in [4.69, 9.17) is 9.47 Å². The Hall–Kier alpha value is -3.32. The van der Waals surface area contributed by atoms with Crippen LogP contribution in [0.3, 0.4) is 0 Å². The van der Waals surface area contributed by atoms with Crippen molar-refractivity contribution < 1.29 is 19.4 Å². The highest BCUT2D eigenvalue weighted by Gasteiger charge is 2.42. The Labute approximate surface area is 175 Å². The average Bonchev–Trinajstić information content (AvgIpc) is 3.29. The number of phenolic OH excluding ortho intramolecular Hbond substituents is 1. The average molecular weight is 407 g/mol. The van der Waals surface area contributed by atoms with E-state index in [0.29, 0.717) is 36.7 Å². The van der Waals surface area contributed by atoms with E-state index in [2.05, 4.69) is 10.2 Å². The lowest BCUT2D eigenvalue weighted by atomic mass is 9.95. The third kappa shape index (κ3) is 3.52. The minimum absolute atomic E-state index is 0.103. The summed E-state index contributed by atoms with van der Waals surface area (Å²) in [5, 5.41) is 17.7. The number of aromatic amines is 1. The summed E-state index contributed by atoms with van der Waals surface area (Å²) >= 11 is 0. The Morgan fingerprint density at radius 2 is 1.93 bits per heavy atom. The lowest BCUT2D eigenvalue weighted by Gasteiger charge is -2.26. The highest BCUT2D eigenvalue weighted by molar-refractivity contribution is 6.00. The maximum absolute atomic E-state index is 13.2. The Morgan fingerprint density at radius 3 is 2.63 bits per heavy atom. The van der Waals surface area contributed by atoms with Crippen molar-refractivity contribution in [1.29, 1.82) is 0 Å². The molecule has 4 rings (SSSR count). The van der Waals surface area contributed by atoms with Crippen LogP contribution in [0.4, 0.5) is 0 Å². The zero-order chi connectivity index (χ0) is 21.1. The van der Waals surface area contributed by atoms with Crippen LogP contribution in [0.2, 0.25) is 0 Å².